The maximum Gasteiger partial charge on any atom is 0.500 e. The van der Waals surface area contributed by atoms with E-state index in [1.807, 2.05) is 6.92 Å². The Morgan fingerprint density at radius 1 is 1.27 bits per heavy atom. The topological polar surface area (TPSA) is 54.0 Å². The van der Waals surface area contributed by atoms with Crippen molar-refractivity contribution in [2.45, 2.75) is 26.3 Å². The Hall–Kier alpha value is -0.433. The Bertz CT molecular complexity index is 181. The fraction of sp³-hybridized carbons (Fsp3) is 0.889. The van der Waals surface area contributed by atoms with Crippen molar-refractivity contribution in [2.75, 3.05) is 27.4 Å². The summed E-state index contributed by atoms with van der Waals surface area (Å²) >= 11 is 0. The van der Waals surface area contributed by atoms with Crippen molar-refractivity contribution in [3.05, 3.63) is 0 Å². The van der Waals surface area contributed by atoms with Gasteiger partial charge < -0.3 is 18.0 Å². The summed E-state index contributed by atoms with van der Waals surface area (Å²) in [5.74, 6) is -0.270. The van der Waals surface area contributed by atoms with Gasteiger partial charge in [0.05, 0.1) is 6.61 Å². The van der Waals surface area contributed by atoms with Crippen LogP contribution in [0.3, 0.4) is 0 Å². The lowest BCUT2D eigenvalue weighted by Gasteiger charge is -2.25. The molecular formula is C9H20O5Si. The molecule has 0 aromatic rings. The number of carbonyl (C=O) groups excluding carboxylic acids is 1. The van der Waals surface area contributed by atoms with E-state index in [9.17, 15) is 4.79 Å². The van der Waals surface area contributed by atoms with Gasteiger partial charge in [0, 0.05) is 33.8 Å². The Kier molecular flexibility index (Phi) is 7.58. The highest BCUT2D eigenvalue weighted by Gasteiger charge is 2.37. The zero-order chi connectivity index (χ0) is 11.7. The zero-order valence-corrected chi connectivity index (χ0v) is 10.9. The van der Waals surface area contributed by atoms with Crippen LogP contribution >= 0.6 is 0 Å². The van der Waals surface area contributed by atoms with Crippen molar-refractivity contribution in [3.8, 4) is 0 Å². The number of ether oxygens (including phenoxy) is 1. The molecule has 0 saturated heterocycles. The van der Waals surface area contributed by atoms with E-state index in [4.69, 9.17) is 18.0 Å². The number of hydrogen-bond donors (Lipinski definition) is 0. The molecule has 0 saturated carbocycles. The van der Waals surface area contributed by atoms with Gasteiger partial charge in [-0.2, -0.15) is 0 Å². The molecule has 0 aromatic heterocycles. The van der Waals surface area contributed by atoms with E-state index in [1.54, 1.807) is 14.2 Å². The maximum absolute atomic E-state index is 10.5. The van der Waals surface area contributed by atoms with Crippen LogP contribution in [0.4, 0.5) is 0 Å². The number of hydrogen-bond acceptors (Lipinski definition) is 5. The van der Waals surface area contributed by atoms with Crippen LogP contribution in [0.2, 0.25) is 6.04 Å². The highest BCUT2D eigenvalue weighted by atomic mass is 28.4. The summed E-state index contributed by atoms with van der Waals surface area (Å²) in [5, 5.41) is 0. The Morgan fingerprint density at radius 3 is 2.27 bits per heavy atom. The molecule has 0 rings (SSSR count). The first kappa shape index (κ1) is 14.6. The summed E-state index contributed by atoms with van der Waals surface area (Å²) in [6.07, 6.45) is 0.688. The van der Waals surface area contributed by atoms with Crippen LogP contribution in [-0.4, -0.2) is 42.2 Å². The van der Waals surface area contributed by atoms with Crippen molar-refractivity contribution in [3.63, 3.8) is 0 Å². The zero-order valence-electron chi connectivity index (χ0n) is 9.87. The summed E-state index contributed by atoms with van der Waals surface area (Å²) in [4.78, 5) is 10.5. The van der Waals surface area contributed by atoms with Crippen LogP contribution in [0.5, 0.6) is 0 Å². The largest absolute Gasteiger partial charge is 0.500 e. The molecule has 0 amide bonds. The normalized spacial score (nSPS) is 11.5. The molecule has 0 aliphatic heterocycles. The minimum Gasteiger partial charge on any atom is -0.466 e. The first-order valence-corrected chi connectivity index (χ1v) is 6.91. The van der Waals surface area contributed by atoms with E-state index in [-0.39, 0.29) is 5.97 Å². The van der Waals surface area contributed by atoms with E-state index in [2.05, 4.69) is 0 Å². The molecule has 0 N–H and O–H groups in total. The van der Waals surface area contributed by atoms with Crippen molar-refractivity contribution in [1.82, 2.24) is 0 Å². The number of esters is 1. The molecular weight excluding hydrogens is 216 g/mol. The molecule has 15 heavy (non-hydrogen) atoms. The average Bonchev–Trinajstić information content (AvgIpc) is 2.22. The second-order valence-corrected chi connectivity index (χ2v) is 5.94. The molecule has 0 aromatic carbocycles. The van der Waals surface area contributed by atoms with Crippen LogP contribution in [0.15, 0.2) is 0 Å². The standard InChI is InChI=1S/C9H20O5Si/c1-5-14-15(11-3,12-4)8-6-7-13-9(2)10/h5-8H2,1-4H3. The van der Waals surface area contributed by atoms with Gasteiger partial charge in [0.1, 0.15) is 0 Å². The average molecular weight is 236 g/mol. The molecule has 0 aliphatic rings. The van der Waals surface area contributed by atoms with Gasteiger partial charge in [0.2, 0.25) is 0 Å². The molecule has 5 nitrogen and oxygen atoms in total. The fourth-order valence-corrected chi connectivity index (χ4v) is 3.17. The van der Waals surface area contributed by atoms with E-state index < -0.39 is 8.80 Å². The highest BCUT2D eigenvalue weighted by molar-refractivity contribution is 6.60. The lowest BCUT2D eigenvalue weighted by atomic mass is 10.5. The van der Waals surface area contributed by atoms with Crippen LogP contribution in [0.1, 0.15) is 20.3 Å². The second-order valence-electron chi connectivity index (χ2n) is 2.97. The monoisotopic (exact) mass is 236 g/mol. The van der Waals surface area contributed by atoms with Gasteiger partial charge in [0.15, 0.2) is 0 Å². The third-order valence-corrected chi connectivity index (χ3v) is 4.86. The van der Waals surface area contributed by atoms with Gasteiger partial charge in [0.25, 0.3) is 0 Å². The lowest BCUT2D eigenvalue weighted by Crippen LogP contribution is -2.44. The third-order valence-electron chi connectivity index (χ3n) is 1.92. The summed E-state index contributed by atoms with van der Waals surface area (Å²) < 4.78 is 20.9. The minimum atomic E-state index is -2.51. The summed E-state index contributed by atoms with van der Waals surface area (Å²) in [6.45, 7) is 4.22. The molecule has 0 unspecified atom stereocenters. The van der Waals surface area contributed by atoms with Gasteiger partial charge in [-0.15, -0.1) is 0 Å². The minimum absolute atomic E-state index is 0.270. The van der Waals surface area contributed by atoms with Crippen molar-refractivity contribution in [2.24, 2.45) is 0 Å². The molecule has 0 bridgehead atoms. The van der Waals surface area contributed by atoms with Crippen LogP contribution in [0, 0.1) is 0 Å². The smallest absolute Gasteiger partial charge is 0.466 e. The van der Waals surface area contributed by atoms with Gasteiger partial charge >= 0.3 is 14.8 Å². The first-order chi connectivity index (χ1) is 7.10. The molecule has 0 radical (unpaired) electrons. The van der Waals surface area contributed by atoms with E-state index in [0.717, 1.165) is 0 Å². The Labute approximate surface area is 92.0 Å². The van der Waals surface area contributed by atoms with Crippen molar-refractivity contribution in [1.29, 1.82) is 0 Å². The van der Waals surface area contributed by atoms with E-state index >= 15 is 0 Å². The lowest BCUT2D eigenvalue weighted by molar-refractivity contribution is -0.141. The van der Waals surface area contributed by atoms with Crippen LogP contribution in [0.25, 0.3) is 0 Å². The Balaban J connectivity index is 3.89. The first-order valence-electron chi connectivity index (χ1n) is 4.98. The van der Waals surface area contributed by atoms with Gasteiger partial charge in [-0.3, -0.25) is 4.79 Å². The Morgan fingerprint density at radius 2 is 1.87 bits per heavy atom. The maximum atomic E-state index is 10.5. The quantitative estimate of drug-likeness (QED) is 0.360. The molecule has 0 spiro atoms. The van der Waals surface area contributed by atoms with E-state index in [1.165, 1.54) is 6.92 Å². The molecule has 90 valence electrons. The number of carbonyl (C=O) groups is 1. The summed E-state index contributed by atoms with van der Waals surface area (Å²) in [6, 6.07) is 0.654. The summed E-state index contributed by atoms with van der Waals surface area (Å²) in [7, 11) is 0.654. The molecule has 0 aliphatic carbocycles. The molecule has 0 heterocycles. The third kappa shape index (κ3) is 5.88. The highest BCUT2D eigenvalue weighted by Crippen LogP contribution is 2.15. The van der Waals surface area contributed by atoms with Gasteiger partial charge in [-0.25, -0.2) is 0 Å². The molecule has 0 atom stereocenters. The SMILES string of the molecule is CCO[Si](CCCOC(C)=O)(OC)OC. The van der Waals surface area contributed by atoms with Crippen molar-refractivity contribution >= 4 is 14.8 Å². The predicted molar refractivity (Wildman–Crippen MR) is 57.5 cm³/mol. The fourth-order valence-electron chi connectivity index (χ4n) is 1.20. The van der Waals surface area contributed by atoms with Crippen LogP contribution in [-0.2, 0) is 22.8 Å². The van der Waals surface area contributed by atoms with E-state index in [0.29, 0.717) is 25.7 Å². The van der Waals surface area contributed by atoms with Gasteiger partial charge in [-0.1, -0.05) is 0 Å². The molecule has 6 heteroatoms. The summed E-state index contributed by atoms with van der Waals surface area (Å²) in [5.41, 5.74) is 0. The van der Waals surface area contributed by atoms with Crippen molar-refractivity contribution < 1.29 is 22.8 Å². The van der Waals surface area contributed by atoms with Gasteiger partial charge in [-0.05, 0) is 13.3 Å². The molecule has 0 fully saturated rings. The number of rotatable bonds is 8. The predicted octanol–water partition coefficient (Wildman–Crippen LogP) is 1.21. The van der Waals surface area contributed by atoms with Crippen LogP contribution < -0.4 is 0 Å². The second kappa shape index (κ2) is 7.81.